The van der Waals surface area contributed by atoms with Gasteiger partial charge in [-0.25, -0.2) is 4.98 Å². The molecule has 1 aromatic heterocycles. The standard InChI is InChI=1S/C11H19N3O/c1-6(2)8(4)15-11-7(3)10(12)13-9(5)14-11/h6,8H,1-5H3,(H2,12,13,14). The van der Waals surface area contributed by atoms with Crippen molar-refractivity contribution in [2.24, 2.45) is 5.92 Å². The molecule has 0 saturated heterocycles. The van der Waals surface area contributed by atoms with Crippen LogP contribution in [0.5, 0.6) is 5.88 Å². The van der Waals surface area contributed by atoms with Crippen molar-refractivity contribution in [1.29, 1.82) is 0 Å². The van der Waals surface area contributed by atoms with E-state index in [1.807, 2.05) is 20.8 Å². The second-order valence-electron chi connectivity index (χ2n) is 4.15. The first-order valence-corrected chi connectivity index (χ1v) is 5.19. The molecule has 0 saturated carbocycles. The Morgan fingerprint density at radius 1 is 1.13 bits per heavy atom. The van der Waals surface area contributed by atoms with Crippen LogP contribution in [0.4, 0.5) is 5.82 Å². The number of hydrogen-bond donors (Lipinski definition) is 1. The van der Waals surface area contributed by atoms with E-state index in [1.165, 1.54) is 0 Å². The molecule has 0 spiro atoms. The van der Waals surface area contributed by atoms with Gasteiger partial charge >= 0.3 is 0 Å². The first-order valence-electron chi connectivity index (χ1n) is 5.19. The molecule has 1 heterocycles. The number of nitrogen functional groups attached to an aromatic ring is 1. The zero-order valence-electron chi connectivity index (χ0n) is 10.0. The second kappa shape index (κ2) is 4.47. The van der Waals surface area contributed by atoms with Gasteiger partial charge in [-0.05, 0) is 26.7 Å². The van der Waals surface area contributed by atoms with Crippen LogP contribution in [0, 0.1) is 19.8 Å². The van der Waals surface area contributed by atoms with Crippen molar-refractivity contribution in [3.63, 3.8) is 0 Å². The molecule has 1 aromatic rings. The van der Waals surface area contributed by atoms with Gasteiger partial charge in [0.2, 0.25) is 5.88 Å². The Bertz CT molecular complexity index is 350. The van der Waals surface area contributed by atoms with Crippen LogP contribution in [0.25, 0.3) is 0 Å². The summed E-state index contributed by atoms with van der Waals surface area (Å²) >= 11 is 0. The van der Waals surface area contributed by atoms with E-state index in [4.69, 9.17) is 10.5 Å². The van der Waals surface area contributed by atoms with Crippen molar-refractivity contribution >= 4 is 5.82 Å². The van der Waals surface area contributed by atoms with Gasteiger partial charge in [0.1, 0.15) is 11.6 Å². The number of rotatable bonds is 3. The first kappa shape index (κ1) is 11.8. The number of nitrogens with two attached hydrogens (primary N) is 1. The Balaban J connectivity index is 2.94. The SMILES string of the molecule is Cc1nc(N)c(C)c(OC(C)C(C)C)n1. The van der Waals surface area contributed by atoms with Gasteiger partial charge in [-0.1, -0.05) is 13.8 Å². The molecule has 0 fully saturated rings. The lowest BCUT2D eigenvalue weighted by molar-refractivity contribution is 0.162. The molecule has 0 radical (unpaired) electrons. The summed E-state index contributed by atoms with van der Waals surface area (Å²) in [6.07, 6.45) is 0.123. The summed E-state index contributed by atoms with van der Waals surface area (Å²) in [6.45, 7) is 9.92. The van der Waals surface area contributed by atoms with Crippen molar-refractivity contribution in [3.8, 4) is 5.88 Å². The highest BCUT2D eigenvalue weighted by Crippen LogP contribution is 2.21. The first-order chi connectivity index (χ1) is 6.91. The van der Waals surface area contributed by atoms with Crippen molar-refractivity contribution in [2.45, 2.75) is 40.7 Å². The van der Waals surface area contributed by atoms with E-state index in [-0.39, 0.29) is 6.10 Å². The van der Waals surface area contributed by atoms with Gasteiger partial charge in [-0.2, -0.15) is 4.98 Å². The average Bonchev–Trinajstić information content (AvgIpc) is 2.13. The summed E-state index contributed by atoms with van der Waals surface area (Å²) in [5, 5.41) is 0. The number of hydrogen-bond acceptors (Lipinski definition) is 4. The third-order valence-corrected chi connectivity index (χ3v) is 2.49. The topological polar surface area (TPSA) is 61.0 Å². The van der Waals surface area contributed by atoms with Crippen LogP contribution in [0.3, 0.4) is 0 Å². The van der Waals surface area contributed by atoms with Gasteiger partial charge in [0.15, 0.2) is 0 Å². The molecule has 0 aromatic carbocycles. The van der Waals surface area contributed by atoms with Crippen molar-refractivity contribution in [2.75, 3.05) is 5.73 Å². The van der Waals surface area contributed by atoms with Gasteiger partial charge in [-0.3, -0.25) is 0 Å². The maximum atomic E-state index is 5.74. The highest BCUT2D eigenvalue weighted by atomic mass is 16.5. The Kier molecular flexibility index (Phi) is 3.50. The van der Waals surface area contributed by atoms with Gasteiger partial charge in [0.05, 0.1) is 11.7 Å². The molecule has 0 amide bonds. The number of nitrogens with zero attached hydrogens (tertiary/aromatic N) is 2. The summed E-state index contributed by atoms with van der Waals surface area (Å²) < 4.78 is 5.74. The molecule has 4 nitrogen and oxygen atoms in total. The number of ether oxygens (including phenoxy) is 1. The summed E-state index contributed by atoms with van der Waals surface area (Å²) in [5.41, 5.74) is 6.56. The normalized spacial score (nSPS) is 12.9. The summed E-state index contributed by atoms with van der Waals surface area (Å²) in [6, 6.07) is 0. The zero-order chi connectivity index (χ0) is 11.6. The molecular formula is C11H19N3O. The summed E-state index contributed by atoms with van der Waals surface area (Å²) in [5.74, 6) is 2.18. The molecule has 0 aliphatic carbocycles. The van der Waals surface area contributed by atoms with Crippen LogP contribution in [0.1, 0.15) is 32.2 Å². The van der Waals surface area contributed by atoms with Crippen LogP contribution < -0.4 is 10.5 Å². The molecule has 2 N–H and O–H groups in total. The van der Waals surface area contributed by atoms with Crippen LogP contribution in [0.2, 0.25) is 0 Å². The minimum absolute atomic E-state index is 0.123. The predicted molar refractivity (Wildman–Crippen MR) is 60.8 cm³/mol. The molecule has 1 atom stereocenters. The highest BCUT2D eigenvalue weighted by Gasteiger charge is 2.13. The Morgan fingerprint density at radius 2 is 1.73 bits per heavy atom. The van der Waals surface area contributed by atoms with Crippen LogP contribution in [0.15, 0.2) is 0 Å². The average molecular weight is 209 g/mol. The molecule has 0 aliphatic rings. The molecule has 4 heteroatoms. The van der Waals surface area contributed by atoms with Crippen molar-refractivity contribution in [1.82, 2.24) is 9.97 Å². The van der Waals surface area contributed by atoms with Gasteiger partial charge in [0, 0.05) is 0 Å². The van der Waals surface area contributed by atoms with Crippen molar-refractivity contribution in [3.05, 3.63) is 11.4 Å². The molecule has 0 aliphatic heterocycles. The molecule has 0 bridgehead atoms. The van der Waals surface area contributed by atoms with E-state index < -0.39 is 0 Å². The van der Waals surface area contributed by atoms with Gasteiger partial charge in [0.25, 0.3) is 0 Å². The van der Waals surface area contributed by atoms with E-state index in [1.54, 1.807) is 0 Å². The van der Waals surface area contributed by atoms with Gasteiger partial charge < -0.3 is 10.5 Å². The van der Waals surface area contributed by atoms with E-state index in [9.17, 15) is 0 Å². The van der Waals surface area contributed by atoms with E-state index >= 15 is 0 Å². The van der Waals surface area contributed by atoms with E-state index in [0.717, 1.165) is 5.56 Å². The Morgan fingerprint density at radius 3 is 2.27 bits per heavy atom. The monoisotopic (exact) mass is 209 g/mol. The van der Waals surface area contributed by atoms with E-state index in [0.29, 0.717) is 23.4 Å². The molecule has 84 valence electrons. The predicted octanol–water partition coefficient (Wildman–Crippen LogP) is 2.10. The third-order valence-electron chi connectivity index (χ3n) is 2.49. The molecule has 15 heavy (non-hydrogen) atoms. The summed E-state index contributed by atoms with van der Waals surface area (Å²) in [7, 11) is 0. The summed E-state index contributed by atoms with van der Waals surface area (Å²) in [4.78, 5) is 8.32. The fourth-order valence-corrected chi connectivity index (χ4v) is 1.05. The lowest BCUT2D eigenvalue weighted by atomic mass is 10.1. The number of anilines is 1. The largest absolute Gasteiger partial charge is 0.474 e. The molecular weight excluding hydrogens is 190 g/mol. The molecule has 1 unspecified atom stereocenters. The third kappa shape index (κ3) is 2.81. The minimum Gasteiger partial charge on any atom is -0.474 e. The second-order valence-corrected chi connectivity index (χ2v) is 4.15. The smallest absolute Gasteiger partial charge is 0.222 e. The van der Waals surface area contributed by atoms with Gasteiger partial charge in [-0.15, -0.1) is 0 Å². The Labute approximate surface area is 90.9 Å². The van der Waals surface area contributed by atoms with E-state index in [2.05, 4.69) is 23.8 Å². The number of aryl methyl sites for hydroxylation is 1. The van der Waals surface area contributed by atoms with Crippen molar-refractivity contribution < 1.29 is 4.74 Å². The maximum absolute atomic E-state index is 5.74. The quantitative estimate of drug-likeness (QED) is 0.828. The maximum Gasteiger partial charge on any atom is 0.222 e. The fourth-order valence-electron chi connectivity index (χ4n) is 1.05. The lowest BCUT2D eigenvalue weighted by Gasteiger charge is -2.19. The fraction of sp³-hybridized carbons (Fsp3) is 0.636. The van der Waals surface area contributed by atoms with Crippen LogP contribution in [-0.2, 0) is 0 Å². The Hall–Kier alpha value is -1.32. The van der Waals surface area contributed by atoms with Crippen LogP contribution >= 0.6 is 0 Å². The zero-order valence-corrected chi connectivity index (χ0v) is 10.0. The number of aromatic nitrogens is 2. The molecule has 1 rings (SSSR count). The minimum atomic E-state index is 0.123. The van der Waals surface area contributed by atoms with Crippen LogP contribution in [-0.4, -0.2) is 16.1 Å². The highest BCUT2D eigenvalue weighted by molar-refractivity contribution is 5.44. The lowest BCUT2D eigenvalue weighted by Crippen LogP contribution is -2.20.